The van der Waals surface area contributed by atoms with Crippen LogP contribution in [-0.2, 0) is 9.59 Å². The van der Waals surface area contributed by atoms with Crippen LogP contribution in [0.3, 0.4) is 0 Å². The van der Waals surface area contributed by atoms with Crippen molar-refractivity contribution in [1.29, 1.82) is 0 Å². The average Bonchev–Trinajstić information content (AvgIpc) is 2.86. The molecular weight excluding hydrogens is 332 g/mol. The number of fused-ring (bicyclic) bond motifs is 5. The number of carbonyl (C=O) groups is 2. The molecule has 3 saturated carbocycles. The average molecular weight is 362 g/mol. The summed E-state index contributed by atoms with van der Waals surface area (Å²) in [6, 6.07) is 0. The summed E-state index contributed by atoms with van der Waals surface area (Å²) in [5.41, 5.74) is -1.25. The first-order chi connectivity index (χ1) is 12.2. The lowest BCUT2D eigenvalue weighted by atomic mass is 9.46. The Morgan fingerprint density at radius 2 is 2.04 bits per heavy atom. The van der Waals surface area contributed by atoms with Crippen LogP contribution in [0.1, 0.15) is 58.8 Å². The van der Waals surface area contributed by atoms with Gasteiger partial charge in [0, 0.05) is 18.3 Å². The predicted octanol–water partition coefficient (Wildman–Crippen LogP) is 1.78. The minimum Gasteiger partial charge on any atom is -0.393 e. The topological polar surface area (TPSA) is 94.8 Å². The lowest BCUT2D eigenvalue weighted by Gasteiger charge is -2.59. The standard InChI is InChI=1S/C21H30O5/c1-19-7-5-13(23)9-12(19)3-4-14-15-6-8-21(26,17(25)11-22)20(15,2)10-16(24)18(14)19/h3,14-16,18,22,24,26H,4-11H2,1-2H3/t14?,15?,16?,18?,19?,20?,21-/m0/s1. The van der Waals surface area contributed by atoms with Crippen molar-refractivity contribution in [2.24, 2.45) is 28.6 Å². The summed E-state index contributed by atoms with van der Waals surface area (Å²) in [6.07, 6.45) is 5.70. The van der Waals surface area contributed by atoms with E-state index in [1.54, 1.807) is 0 Å². The number of aliphatic hydroxyl groups is 3. The van der Waals surface area contributed by atoms with Crippen molar-refractivity contribution < 1.29 is 24.9 Å². The fourth-order valence-electron chi connectivity index (χ4n) is 7.20. The van der Waals surface area contributed by atoms with Gasteiger partial charge in [0.25, 0.3) is 0 Å². The van der Waals surface area contributed by atoms with Crippen LogP contribution in [0.2, 0.25) is 0 Å². The summed E-state index contributed by atoms with van der Waals surface area (Å²) in [5, 5.41) is 31.7. The van der Waals surface area contributed by atoms with Crippen LogP contribution >= 0.6 is 0 Å². The maximum atomic E-state index is 12.4. The fraction of sp³-hybridized carbons (Fsp3) is 0.810. The van der Waals surface area contributed by atoms with Crippen molar-refractivity contribution in [2.45, 2.75) is 70.5 Å². The Balaban J connectivity index is 1.74. The molecule has 0 amide bonds. The van der Waals surface area contributed by atoms with E-state index in [1.165, 1.54) is 5.57 Å². The van der Waals surface area contributed by atoms with E-state index in [-0.39, 0.29) is 29.0 Å². The molecule has 0 spiro atoms. The Kier molecular flexibility index (Phi) is 4.04. The van der Waals surface area contributed by atoms with Crippen LogP contribution < -0.4 is 0 Å². The van der Waals surface area contributed by atoms with Crippen LogP contribution in [0, 0.1) is 28.6 Å². The second-order valence-corrected chi connectivity index (χ2v) is 9.56. The van der Waals surface area contributed by atoms with E-state index < -0.39 is 29.5 Å². The minimum absolute atomic E-state index is 0.0697. The van der Waals surface area contributed by atoms with Gasteiger partial charge in [0.05, 0.1) is 6.10 Å². The minimum atomic E-state index is -1.55. The van der Waals surface area contributed by atoms with Crippen molar-refractivity contribution in [3.8, 4) is 0 Å². The molecule has 0 saturated heterocycles. The largest absolute Gasteiger partial charge is 0.393 e. The van der Waals surface area contributed by atoms with E-state index in [0.29, 0.717) is 25.7 Å². The number of Topliss-reactive ketones (excluding diaryl/α,β-unsaturated/α-hetero) is 2. The number of hydrogen-bond donors (Lipinski definition) is 3. The number of allylic oxidation sites excluding steroid dienone is 2. The van der Waals surface area contributed by atoms with Gasteiger partial charge in [-0.25, -0.2) is 0 Å². The van der Waals surface area contributed by atoms with E-state index >= 15 is 0 Å². The molecule has 4 aliphatic carbocycles. The summed E-state index contributed by atoms with van der Waals surface area (Å²) < 4.78 is 0. The molecule has 4 rings (SSSR count). The zero-order chi connectivity index (χ0) is 18.9. The highest BCUT2D eigenvalue weighted by Gasteiger charge is 2.67. The molecule has 3 fully saturated rings. The maximum absolute atomic E-state index is 12.4. The van der Waals surface area contributed by atoms with Crippen LogP contribution in [-0.4, -0.2) is 45.2 Å². The highest BCUT2D eigenvalue weighted by Crippen LogP contribution is 2.67. The predicted molar refractivity (Wildman–Crippen MR) is 95.1 cm³/mol. The number of rotatable bonds is 2. The summed E-state index contributed by atoms with van der Waals surface area (Å²) in [5.74, 6) is 0.177. The zero-order valence-electron chi connectivity index (χ0n) is 15.7. The molecular formula is C21H30O5. The monoisotopic (exact) mass is 362 g/mol. The summed E-state index contributed by atoms with van der Waals surface area (Å²) in [7, 11) is 0. The zero-order valence-corrected chi connectivity index (χ0v) is 15.7. The number of hydrogen-bond acceptors (Lipinski definition) is 5. The van der Waals surface area contributed by atoms with Crippen molar-refractivity contribution in [1.82, 2.24) is 0 Å². The Labute approximate surface area is 154 Å². The molecule has 0 aromatic heterocycles. The number of ketones is 2. The van der Waals surface area contributed by atoms with Gasteiger partial charge in [-0.1, -0.05) is 25.5 Å². The normalized spacial score (nSPS) is 50.5. The molecule has 0 aromatic rings. The fourth-order valence-corrected chi connectivity index (χ4v) is 7.20. The van der Waals surface area contributed by atoms with Gasteiger partial charge in [-0.3, -0.25) is 9.59 Å². The van der Waals surface area contributed by atoms with Gasteiger partial charge in [-0.05, 0) is 55.3 Å². The van der Waals surface area contributed by atoms with Gasteiger partial charge in [-0.2, -0.15) is 0 Å². The summed E-state index contributed by atoms with van der Waals surface area (Å²) in [4.78, 5) is 24.3. The van der Waals surface area contributed by atoms with E-state index in [2.05, 4.69) is 13.0 Å². The molecule has 7 atom stereocenters. The first kappa shape index (κ1) is 18.3. The molecule has 0 heterocycles. The quantitative estimate of drug-likeness (QED) is 0.651. The SMILES string of the molecule is CC12CCC(=O)CC1=CCC1C2C(O)CC2(C)C1CC[C@]2(O)C(=O)CO. The van der Waals surface area contributed by atoms with Crippen molar-refractivity contribution in [3.63, 3.8) is 0 Å². The third-order valence-corrected chi connectivity index (χ3v) is 8.63. The van der Waals surface area contributed by atoms with Gasteiger partial charge in [0.1, 0.15) is 18.0 Å². The van der Waals surface area contributed by atoms with E-state index in [9.17, 15) is 24.9 Å². The Morgan fingerprint density at radius 3 is 2.73 bits per heavy atom. The highest BCUT2D eigenvalue weighted by atomic mass is 16.3. The lowest BCUT2D eigenvalue weighted by molar-refractivity contribution is -0.180. The molecule has 0 aromatic carbocycles. The van der Waals surface area contributed by atoms with Crippen LogP contribution in [0.25, 0.3) is 0 Å². The first-order valence-electron chi connectivity index (χ1n) is 9.93. The second kappa shape index (κ2) is 5.73. The van der Waals surface area contributed by atoms with E-state index in [4.69, 9.17) is 0 Å². The van der Waals surface area contributed by atoms with E-state index in [0.717, 1.165) is 19.3 Å². The first-order valence-corrected chi connectivity index (χ1v) is 9.93. The Bertz CT molecular complexity index is 684. The molecule has 0 aliphatic heterocycles. The molecule has 3 N–H and O–H groups in total. The van der Waals surface area contributed by atoms with Crippen molar-refractivity contribution in [2.75, 3.05) is 6.61 Å². The lowest BCUT2D eigenvalue weighted by Crippen LogP contribution is -2.61. The van der Waals surface area contributed by atoms with Crippen LogP contribution in [0.15, 0.2) is 11.6 Å². The third-order valence-electron chi connectivity index (χ3n) is 8.63. The third kappa shape index (κ3) is 2.14. The smallest absolute Gasteiger partial charge is 0.190 e. The van der Waals surface area contributed by atoms with Gasteiger partial charge in [0.15, 0.2) is 5.78 Å². The molecule has 5 heteroatoms. The number of aliphatic hydroxyl groups excluding tert-OH is 2. The molecule has 144 valence electrons. The van der Waals surface area contributed by atoms with Gasteiger partial charge < -0.3 is 15.3 Å². The summed E-state index contributed by atoms with van der Waals surface area (Å²) in [6.45, 7) is 3.45. The molecule has 6 unspecified atom stereocenters. The van der Waals surface area contributed by atoms with E-state index in [1.807, 2.05) is 6.92 Å². The van der Waals surface area contributed by atoms with Crippen molar-refractivity contribution in [3.05, 3.63) is 11.6 Å². The highest BCUT2D eigenvalue weighted by molar-refractivity contribution is 5.89. The van der Waals surface area contributed by atoms with Crippen LogP contribution in [0.4, 0.5) is 0 Å². The molecule has 4 aliphatic rings. The van der Waals surface area contributed by atoms with Gasteiger partial charge >= 0.3 is 0 Å². The second-order valence-electron chi connectivity index (χ2n) is 9.56. The molecule has 0 radical (unpaired) electrons. The van der Waals surface area contributed by atoms with Gasteiger partial charge in [0.2, 0.25) is 0 Å². The van der Waals surface area contributed by atoms with Crippen LogP contribution in [0.5, 0.6) is 0 Å². The van der Waals surface area contributed by atoms with Gasteiger partial charge in [-0.15, -0.1) is 0 Å². The van der Waals surface area contributed by atoms with Crippen molar-refractivity contribution >= 4 is 11.6 Å². The Morgan fingerprint density at radius 1 is 1.31 bits per heavy atom. The molecule has 26 heavy (non-hydrogen) atoms. The Hall–Kier alpha value is -1.04. The molecule has 5 nitrogen and oxygen atoms in total. The molecule has 0 bridgehead atoms. The maximum Gasteiger partial charge on any atom is 0.190 e. The number of carbonyl (C=O) groups excluding carboxylic acids is 2. The summed E-state index contributed by atoms with van der Waals surface area (Å²) >= 11 is 0.